The molecule has 0 radical (unpaired) electrons. The highest BCUT2D eigenvalue weighted by Gasteiger charge is 2.25. The maximum absolute atomic E-state index is 12.7. The van der Waals surface area contributed by atoms with Crippen LogP contribution in [0, 0.1) is 10.1 Å². The Labute approximate surface area is 173 Å². The summed E-state index contributed by atoms with van der Waals surface area (Å²) in [4.78, 5) is 10.3. The van der Waals surface area contributed by atoms with Gasteiger partial charge in [0, 0.05) is 28.6 Å². The summed E-state index contributed by atoms with van der Waals surface area (Å²) in [6.07, 6.45) is 0. The van der Waals surface area contributed by atoms with Crippen LogP contribution in [0.25, 0.3) is 5.69 Å². The fourth-order valence-corrected chi connectivity index (χ4v) is 3.49. The number of hydrogen-bond acceptors (Lipinski definition) is 6. The molecule has 0 unspecified atom stereocenters. The number of non-ortho nitro benzene ring substituents is 1. The van der Waals surface area contributed by atoms with E-state index < -0.39 is 15.0 Å². The van der Waals surface area contributed by atoms with Crippen molar-refractivity contribution in [2.45, 2.75) is 31.1 Å². The standard InChI is InChI=1S/C19H18ClN3O5S/c1-19(2,3)17-12-18(28-29(26,27)16-10-4-13(20)5-11-16)22(21-17)14-6-8-15(9-7-14)23(24)25/h4-12H,1-3H3. The number of nitro groups is 1. The zero-order chi connectivity index (χ0) is 21.4. The van der Waals surface area contributed by atoms with E-state index in [9.17, 15) is 18.5 Å². The summed E-state index contributed by atoms with van der Waals surface area (Å²) >= 11 is 5.82. The molecule has 0 fully saturated rings. The fraction of sp³-hybridized carbons (Fsp3) is 0.211. The molecule has 0 saturated carbocycles. The summed E-state index contributed by atoms with van der Waals surface area (Å²) in [5.41, 5.74) is 0.548. The Morgan fingerprint density at radius 1 is 1.07 bits per heavy atom. The number of aromatic nitrogens is 2. The van der Waals surface area contributed by atoms with E-state index >= 15 is 0 Å². The monoisotopic (exact) mass is 435 g/mol. The molecule has 0 aliphatic heterocycles. The summed E-state index contributed by atoms with van der Waals surface area (Å²) in [5.74, 6) is -0.0290. The SMILES string of the molecule is CC(C)(C)c1cc(OS(=O)(=O)c2ccc(Cl)cc2)n(-c2ccc([N+](=O)[O-])cc2)n1. The van der Waals surface area contributed by atoms with Crippen molar-refractivity contribution in [2.24, 2.45) is 0 Å². The third-order valence-electron chi connectivity index (χ3n) is 4.05. The number of benzene rings is 2. The second kappa shape index (κ2) is 7.49. The molecule has 2 aromatic carbocycles. The molecule has 0 aliphatic rings. The summed E-state index contributed by atoms with van der Waals surface area (Å²) in [6.45, 7) is 5.77. The van der Waals surface area contributed by atoms with Crippen molar-refractivity contribution in [1.29, 1.82) is 0 Å². The summed E-state index contributed by atoms with van der Waals surface area (Å²) in [6, 6.07) is 12.7. The van der Waals surface area contributed by atoms with Gasteiger partial charge in [-0.3, -0.25) is 10.1 Å². The molecule has 10 heteroatoms. The lowest BCUT2D eigenvalue weighted by atomic mass is 9.93. The van der Waals surface area contributed by atoms with Crippen molar-refractivity contribution < 1.29 is 17.5 Å². The molecule has 0 spiro atoms. The van der Waals surface area contributed by atoms with Crippen LogP contribution < -0.4 is 4.18 Å². The van der Waals surface area contributed by atoms with Gasteiger partial charge in [-0.05, 0) is 36.4 Å². The Hall–Kier alpha value is -2.91. The first-order valence-electron chi connectivity index (χ1n) is 8.53. The molecule has 3 rings (SSSR count). The van der Waals surface area contributed by atoms with Crippen LogP contribution in [0.2, 0.25) is 5.02 Å². The van der Waals surface area contributed by atoms with Gasteiger partial charge in [0.15, 0.2) is 0 Å². The van der Waals surface area contributed by atoms with Crippen LogP contribution >= 0.6 is 11.6 Å². The van der Waals surface area contributed by atoms with Crippen molar-refractivity contribution >= 4 is 27.4 Å². The van der Waals surface area contributed by atoms with Gasteiger partial charge in [0.1, 0.15) is 4.90 Å². The van der Waals surface area contributed by atoms with Gasteiger partial charge in [-0.25, -0.2) is 0 Å². The highest BCUT2D eigenvalue weighted by molar-refractivity contribution is 7.87. The third kappa shape index (κ3) is 4.57. The molecular formula is C19H18ClN3O5S. The van der Waals surface area contributed by atoms with Gasteiger partial charge in [0.2, 0.25) is 5.88 Å². The second-order valence-electron chi connectivity index (χ2n) is 7.29. The van der Waals surface area contributed by atoms with Crippen LogP contribution in [-0.2, 0) is 15.5 Å². The Kier molecular flexibility index (Phi) is 5.38. The van der Waals surface area contributed by atoms with Gasteiger partial charge in [0.05, 0.1) is 16.3 Å². The number of nitro benzene ring substituents is 1. The van der Waals surface area contributed by atoms with Crippen LogP contribution in [0.15, 0.2) is 59.5 Å². The van der Waals surface area contributed by atoms with Gasteiger partial charge in [-0.2, -0.15) is 18.2 Å². The molecule has 1 heterocycles. The minimum Gasteiger partial charge on any atom is -0.358 e. The predicted molar refractivity (Wildman–Crippen MR) is 108 cm³/mol. The Bertz CT molecular complexity index is 1150. The smallest absolute Gasteiger partial charge is 0.340 e. The molecule has 29 heavy (non-hydrogen) atoms. The molecule has 0 atom stereocenters. The molecule has 0 aliphatic carbocycles. The molecular weight excluding hydrogens is 418 g/mol. The quantitative estimate of drug-likeness (QED) is 0.332. The zero-order valence-corrected chi connectivity index (χ0v) is 17.4. The van der Waals surface area contributed by atoms with Gasteiger partial charge in [-0.1, -0.05) is 32.4 Å². The van der Waals surface area contributed by atoms with E-state index in [0.29, 0.717) is 16.4 Å². The summed E-state index contributed by atoms with van der Waals surface area (Å²) in [5, 5.41) is 15.7. The van der Waals surface area contributed by atoms with Crippen molar-refractivity contribution in [2.75, 3.05) is 0 Å². The number of hydrogen-bond donors (Lipinski definition) is 0. The molecule has 0 amide bonds. The van der Waals surface area contributed by atoms with Crippen LogP contribution in [0.1, 0.15) is 26.5 Å². The molecule has 152 valence electrons. The first-order valence-corrected chi connectivity index (χ1v) is 10.3. The maximum Gasteiger partial charge on any atom is 0.340 e. The van der Waals surface area contributed by atoms with Crippen LogP contribution in [0.3, 0.4) is 0 Å². The lowest BCUT2D eigenvalue weighted by molar-refractivity contribution is -0.384. The van der Waals surface area contributed by atoms with E-state index in [1.165, 1.54) is 59.3 Å². The Balaban J connectivity index is 2.06. The lowest BCUT2D eigenvalue weighted by Gasteiger charge is -2.13. The normalized spacial score (nSPS) is 12.0. The number of rotatable bonds is 5. The lowest BCUT2D eigenvalue weighted by Crippen LogP contribution is -2.13. The summed E-state index contributed by atoms with van der Waals surface area (Å²) in [7, 11) is -4.14. The average Bonchev–Trinajstić information content (AvgIpc) is 3.05. The van der Waals surface area contributed by atoms with Gasteiger partial charge in [-0.15, -0.1) is 0 Å². The van der Waals surface area contributed by atoms with Crippen molar-refractivity contribution in [1.82, 2.24) is 9.78 Å². The average molecular weight is 436 g/mol. The Morgan fingerprint density at radius 2 is 1.66 bits per heavy atom. The molecule has 0 N–H and O–H groups in total. The van der Waals surface area contributed by atoms with E-state index in [2.05, 4.69) is 5.10 Å². The highest BCUT2D eigenvalue weighted by atomic mass is 35.5. The van der Waals surface area contributed by atoms with Crippen molar-refractivity contribution in [3.05, 3.63) is 75.4 Å². The molecule has 3 aromatic rings. The van der Waals surface area contributed by atoms with Crippen LogP contribution in [-0.4, -0.2) is 23.1 Å². The van der Waals surface area contributed by atoms with Gasteiger partial charge >= 0.3 is 10.1 Å². The minimum atomic E-state index is -4.14. The van der Waals surface area contributed by atoms with Crippen molar-refractivity contribution in [3.63, 3.8) is 0 Å². The molecule has 0 bridgehead atoms. The molecule has 1 aromatic heterocycles. The first kappa shape index (κ1) is 20.8. The summed E-state index contributed by atoms with van der Waals surface area (Å²) < 4.78 is 32.1. The number of nitrogens with zero attached hydrogens (tertiary/aromatic N) is 3. The predicted octanol–water partition coefficient (Wildman–Crippen LogP) is 4.50. The zero-order valence-electron chi connectivity index (χ0n) is 15.9. The minimum absolute atomic E-state index is 0.0290. The first-order chi connectivity index (χ1) is 13.5. The van der Waals surface area contributed by atoms with E-state index in [4.69, 9.17) is 15.8 Å². The van der Waals surface area contributed by atoms with Crippen LogP contribution in [0.4, 0.5) is 5.69 Å². The van der Waals surface area contributed by atoms with E-state index in [0.717, 1.165) is 0 Å². The van der Waals surface area contributed by atoms with Gasteiger partial charge < -0.3 is 4.18 Å². The van der Waals surface area contributed by atoms with Gasteiger partial charge in [0.25, 0.3) is 5.69 Å². The van der Waals surface area contributed by atoms with E-state index in [-0.39, 0.29) is 21.9 Å². The highest BCUT2D eigenvalue weighted by Crippen LogP contribution is 2.30. The molecule has 0 saturated heterocycles. The largest absolute Gasteiger partial charge is 0.358 e. The third-order valence-corrected chi connectivity index (χ3v) is 5.54. The topological polar surface area (TPSA) is 104 Å². The Morgan fingerprint density at radius 3 is 2.17 bits per heavy atom. The second-order valence-corrected chi connectivity index (χ2v) is 9.28. The number of halogens is 1. The fourth-order valence-electron chi connectivity index (χ4n) is 2.45. The van der Waals surface area contributed by atoms with Crippen molar-refractivity contribution in [3.8, 4) is 11.6 Å². The van der Waals surface area contributed by atoms with E-state index in [1.54, 1.807) is 0 Å². The molecule has 8 nitrogen and oxygen atoms in total. The maximum atomic E-state index is 12.7. The van der Waals surface area contributed by atoms with E-state index in [1.807, 2.05) is 20.8 Å². The van der Waals surface area contributed by atoms with Crippen LogP contribution in [0.5, 0.6) is 5.88 Å².